The molecule has 106 valence electrons. The normalized spacial score (nSPS) is 16.1. The van der Waals surface area contributed by atoms with Gasteiger partial charge >= 0.3 is 0 Å². The first-order valence-corrected chi connectivity index (χ1v) is 6.87. The minimum Gasteiger partial charge on any atom is -0.314 e. The predicted molar refractivity (Wildman–Crippen MR) is 68.5 cm³/mol. The standard InChI is InChI=1S/C11H21F2N3OS/c1-10(2,3)18(17)16-9(7-14)5-6-11(12,13)8-15-4/h9,15-16H,5-6,8H2,1-4H3. The number of nitriles is 1. The van der Waals surface area contributed by atoms with Gasteiger partial charge in [0.25, 0.3) is 5.92 Å². The molecular formula is C11H21F2N3OS. The van der Waals surface area contributed by atoms with E-state index >= 15 is 0 Å². The fourth-order valence-electron chi connectivity index (χ4n) is 1.16. The molecule has 0 aromatic heterocycles. The van der Waals surface area contributed by atoms with Gasteiger partial charge in [-0.05, 0) is 34.2 Å². The van der Waals surface area contributed by atoms with Crippen LogP contribution in [0, 0.1) is 11.3 Å². The topological polar surface area (TPSA) is 64.9 Å². The van der Waals surface area contributed by atoms with Crippen molar-refractivity contribution in [3.8, 4) is 6.07 Å². The first kappa shape index (κ1) is 17.4. The highest BCUT2D eigenvalue weighted by atomic mass is 32.2. The lowest BCUT2D eigenvalue weighted by molar-refractivity contribution is -0.00725. The fraction of sp³-hybridized carbons (Fsp3) is 0.909. The van der Waals surface area contributed by atoms with E-state index in [2.05, 4.69) is 10.0 Å². The summed E-state index contributed by atoms with van der Waals surface area (Å²) >= 11 is 0. The minimum absolute atomic E-state index is 0.0347. The molecule has 2 atom stereocenters. The highest BCUT2D eigenvalue weighted by Gasteiger charge is 2.30. The van der Waals surface area contributed by atoms with E-state index in [-0.39, 0.29) is 6.42 Å². The van der Waals surface area contributed by atoms with Crippen molar-refractivity contribution in [3.63, 3.8) is 0 Å². The van der Waals surface area contributed by atoms with Gasteiger partial charge in [-0.15, -0.1) is 0 Å². The van der Waals surface area contributed by atoms with Gasteiger partial charge in [-0.25, -0.2) is 17.7 Å². The molecule has 0 aliphatic heterocycles. The molecule has 2 N–H and O–H groups in total. The summed E-state index contributed by atoms with van der Waals surface area (Å²) in [7, 11) is 0.0147. The Morgan fingerprint density at radius 1 is 1.39 bits per heavy atom. The first-order valence-electron chi connectivity index (χ1n) is 5.72. The maximum atomic E-state index is 13.2. The third-order valence-electron chi connectivity index (χ3n) is 2.20. The van der Waals surface area contributed by atoms with Crippen LogP contribution in [0.25, 0.3) is 0 Å². The van der Waals surface area contributed by atoms with E-state index in [0.717, 1.165) is 0 Å². The highest BCUT2D eigenvalue weighted by Crippen LogP contribution is 2.20. The van der Waals surface area contributed by atoms with Gasteiger partial charge in [-0.1, -0.05) is 0 Å². The summed E-state index contributed by atoms with van der Waals surface area (Å²) < 4.78 is 40.2. The fourth-order valence-corrected chi connectivity index (χ4v) is 1.94. The summed E-state index contributed by atoms with van der Waals surface area (Å²) in [5.74, 6) is -2.85. The average molecular weight is 281 g/mol. The second-order valence-corrected chi connectivity index (χ2v) is 7.10. The maximum absolute atomic E-state index is 13.2. The van der Waals surface area contributed by atoms with Crippen molar-refractivity contribution in [2.24, 2.45) is 0 Å². The van der Waals surface area contributed by atoms with Gasteiger partial charge in [-0.2, -0.15) is 5.26 Å². The molecule has 0 spiro atoms. The monoisotopic (exact) mass is 281 g/mol. The lowest BCUT2D eigenvalue weighted by Crippen LogP contribution is -2.40. The molecule has 0 saturated carbocycles. The van der Waals surface area contributed by atoms with E-state index in [1.807, 2.05) is 6.07 Å². The number of rotatable bonds is 7. The Labute approximate surface area is 110 Å². The molecule has 4 nitrogen and oxygen atoms in total. The van der Waals surface area contributed by atoms with Gasteiger partial charge in [0.1, 0.15) is 6.04 Å². The van der Waals surface area contributed by atoms with Crippen molar-refractivity contribution in [1.29, 1.82) is 5.26 Å². The zero-order chi connectivity index (χ0) is 14.4. The quantitative estimate of drug-likeness (QED) is 0.744. The highest BCUT2D eigenvalue weighted by molar-refractivity contribution is 7.84. The van der Waals surface area contributed by atoms with Gasteiger partial charge in [0.15, 0.2) is 0 Å². The summed E-state index contributed by atoms with van der Waals surface area (Å²) in [6.07, 6.45) is -0.451. The van der Waals surface area contributed by atoms with Crippen LogP contribution in [0.4, 0.5) is 8.78 Å². The minimum atomic E-state index is -2.85. The third-order valence-corrected chi connectivity index (χ3v) is 3.81. The van der Waals surface area contributed by atoms with Crippen LogP contribution in [0.1, 0.15) is 33.6 Å². The van der Waals surface area contributed by atoms with Crippen molar-refractivity contribution in [2.75, 3.05) is 13.6 Å². The summed E-state index contributed by atoms with van der Waals surface area (Å²) in [5, 5.41) is 11.3. The molecule has 0 aromatic carbocycles. The summed E-state index contributed by atoms with van der Waals surface area (Å²) in [6, 6.07) is 1.04. The number of alkyl halides is 2. The summed E-state index contributed by atoms with van der Waals surface area (Å²) in [5.41, 5.74) is 0. The zero-order valence-corrected chi connectivity index (χ0v) is 12.0. The molecule has 0 fully saturated rings. The molecular weight excluding hydrogens is 260 g/mol. The lowest BCUT2D eigenvalue weighted by atomic mass is 10.1. The molecule has 0 amide bonds. The van der Waals surface area contributed by atoms with Crippen molar-refractivity contribution in [2.45, 2.75) is 50.3 Å². The second-order valence-electron chi connectivity index (χ2n) is 5.11. The number of halogens is 2. The van der Waals surface area contributed by atoms with Crippen molar-refractivity contribution >= 4 is 11.0 Å². The molecule has 0 bridgehead atoms. The number of hydrogen-bond acceptors (Lipinski definition) is 3. The molecule has 0 heterocycles. The van der Waals surface area contributed by atoms with Gasteiger partial charge in [0.2, 0.25) is 0 Å². The van der Waals surface area contributed by atoms with Crippen LogP contribution in [0.5, 0.6) is 0 Å². The Hall–Kier alpha value is -0.580. The lowest BCUT2D eigenvalue weighted by Gasteiger charge is -2.22. The predicted octanol–water partition coefficient (Wildman–Crippen LogP) is 1.57. The zero-order valence-electron chi connectivity index (χ0n) is 11.2. The van der Waals surface area contributed by atoms with Crippen LogP contribution in [-0.2, 0) is 11.0 Å². The van der Waals surface area contributed by atoms with Gasteiger partial charge in [-0.3, -0.25) is 0 Å². The van der Waals surface area contributed by atoms with Crippen LogP contribution in [0.2, 0.25) is 0 Å². The smallest absolute Gasteiger partial charge is 0.260 e. The molecule has 0 saturated heterocycles. The molecule has 0 rings (SSSR count). The van der Waals surface area contributed by atoms with Gasteiger partial charge in [0, 0.05) is 6.42 Å². The van der Waals surface area contributed by atoms with E-state index in [0.29, 0.717) is 0 Å². The van der Waals surface area contributed by atoms with E-state index in [4.69, 9.17) is 5.26 Å². The van der Waals surface area contributed by atoms with Crippen LogP contribution < -0.4 is 10.0 Å². The molecule has 2 unspecified atom stereocenters. The molecule has 0 aromatic rings. The van der Waals surface area contributed by atoms with Crippen LogP contribution in [-0.4, -0.2) is 34.5 Å². The molecule has 7 heteroatoms. The van der Waals surface area contributed by atoms with Crippen LogP contribution >= 0.6 is 0 Å². The molecule has 0 aliphatic rings. The van der Waals surface area contributed by atoms with E-state index < -0.39 is 40.7 Å². The van der Waals surface area contributed by atoms with E-state index in [9.17, 15) is 13.0 Å². The Kier molecular flexibility index (Phi) is 6.89. The molecule has 0 radical (unpaired) electrons. The maximum Gasteiger partial charge on any atom is 0.260 e. The van der Waals surface area contributed by atoms with Crippen molar-refractivity contribution in [3.05, 3.63) is 0 Å². The largest absolute Gasteiger partial charge is 0.314 e. The van der Waals surface area contributed by atoms with E-state index in [1.54, 1.807) is 20.8 Å². The Bertz CT molecular complexity index is 323. The Morgan fingerprint density at radius 3 is 2.33 bits per heavy atom. The summed E-state index contributed by atoms with van der Waals surface area (Å²) in [4.78, 5) is 0. The summed E-state index contributed by atoms with van der Waals surface area (Å²) in [6.45, 7) is 4.83. The van der Waals surface area contributed by atoms with Gasteiger partial charge < -0.3 is 5.32 Å². The SMILES string of the molecule is CNCC(F)(F)CCC(C#N)NS(=O)C(C)(C)C. The average Bonchev–Trinajstić information content (AvgIpc) is 2.22. The van der Waals surface area contributed by atoms with E-state index in [1.165, 1.54) is 7.05 Å². The Balaban J connectivity index is 4.31. The van der Waals surface area contributed by atoms with Crippen molar-refractivity contribution in [1.82, 2.24) is 10.0 Å². The van der Waals surface area contributed by atoms with Crippen LogP contribution in [0.15, 0.2) is 0 Å². The van der Waals surface area contributed by atoms with Crippen LogP contribution in [0.3, 0.4) is 0 Å². The Morgan fingerprint density at radius 2 is 1.94 bits per heavy atom. The number of hydrogen-bond donors (Lipinski definition) is 2. The third kappa shape index (κ3) is 6.99. The number of nitrogens with one attached hydrogen (secondary N) is 2. The molecule has 18 heavy (non-hydrogen) atoms. The van der Waals surface area contributed by atoms with Crippen molar-refractivity contribution < 1.29 is 13.0 Å². The van der Waals surface area contributed by atoms with Gasteiger partial charge in [0.05, 0.1) is 28.3 Å². The first-order chi connectivity index (χ1) is 8.12. The number of nitrogens with zero attached hydrogens (tertiary/aromatic N) is 1. The second kappa shape index (κ2) is 7.12. The molecule has 0 aliphatic carbocycles.